The molecule has 24 heavy (non-hydrogen) atoms. The lowest BCUT2D eigenvalue weighted by atomic mass is 9.96. The first kappa shape index (κ1) is 20.9. The summed E-state index contributed by atoms with van der Waals surface area (Å²) in [6.07, 6.45) is 7.36. The van der Waals surface area contributed by atoms with Crippen molar-refractivity contribution in [2.75, 3.05) is 19.7 Å². The predicted octanol–water partition coefficient (Wildman–Crippen LogP) is 3.27. The Labute approximate surface area is 147 Å². The second kappa shape index (κ2) is 9.40. The molecule has 0 bridgehead atoms. The zero-order valence-electron chi connectivity index (χ0n) is 16.2. The third-order valence-electron chi connectivity index (χ3n) is 4.29. The first-order valence-corrected chi connectivity index (χ1v) is 9.38. The summed E-state index contributed by atoms with van der Waals surface area (Å²) in [5, 5.41) is 3.49. The second-order valence-corrected chi connectivity index (χ2v) is 8.31. The molecule has 0 aromatic carbocycles. The number of ether oxygens (including phenoxy) is 1. The Morgan fingerprint density at radius 2 is 1.71 bits per heavy atom. The summed E-state index contributed by atoms with van der Waals surface area (Å²) in [5.74, 6) is -0.290. The highest BCUT2D eigenvalue weighted by atomic mass is 16.5. The Bertz CT molecular complexity index is 419. The first-order valence-electron chi connectivity index (χ1n) is 9.38. The van der Waals surface area contributed by atoms with Gasteiger partial charge in [-0.15, -0.1) is 0 Å². The van der Waals surface area contributed by atoms with Gasteiger partial charge in [-0.1, -0.05) is 39.0 Å². The SMILES string of the molecule is CCCCCCCCOC(=O)CN1CC(C)(C)NC(C)(C)CC1=O. The van der Waals surface area contributed by atoms with Crippen molar-refractivity contribution in [3.63, 3.8) is 0 Å². The Hall–Kier alpha value is -1.10. The number of hydrogen-bond acceptors (Lipinski definition) is 4. The lowest BCUT2D eigenvalue weighted by Gasteiger charge is -2.34. The number of unbranched alkanes of at least 4 members (excludes halogenated alkanes) is 5. The lowest BCUT2D eigenvalue weighted by Crippen LogP contribution is -2.53. The Morgan fingerprint density at radius 3 is 2.38 bits per heavy atom. The van der Waals surface area contributed by atoms with Crippen molar-refractivity contribution in [2.24, 2.45) is 0 Å². The molecule has 0 spiro atoms. The van der Waals surface area contributed by atoms with Gasteiger partial charge in [-0.05, 0) is 34.1 Å². The van der Waals surface area contributed by atoms with Crippen molar-refractivity contribution >= 4 is 11.9 Å². The Balaban J connectivity index is 2.35. The van der Waals surface area contributed by atoms with Gasteiger partial charge in [-0.25, -0.2) is 0 Å². The Kier molecular flexibility index (Phi) is 8.20. The van der Waals surface area contributed by atoms with Crippen molar-refractivity contribution in [3.8, 4) is 0 Å². The minimum absolute atomic E-state index is 0.00888. The summed E-state index contributed by atoms with van der Waals surface area (Å²) in [5.41, 5.74) is -0.493. The van der Waals surface area contributed by atoms with Gasteiger partial charge in [0.15, 0.2) is 0 Å². The van der Waals surface area contributed by atoms with E-state index in [-0.39, 0.29) is 29.5 Å². The van der Waals surface area contributed by atoms with Gasteiger partial charge in [0, 0.05) is 24.0 Å². The summed E-state index contributed by atoms with van der Waals surface area (Å²) in [4.78, 5) is 26.1. The van der Waals surface area contributed by atoms with Gasteiger partial charge < -0.3 is 15.0 Å². The largest absolute Gasteiger partial charge is 0.464 e. The highest BCUT2D eigenvalue weighted by Gasteiger charge is 2.37. The molecule has 1 aliphatic rings. The molecule has 1 aliphatic heterocycles. The summed E-state index contributed by atoms with van der Waals surface area (Å²) in [6, 6.07) is 0. The van der Waals surface area contributed by atoms with Crippen LogP contribution in [0.25, 0.3) is 0 Å². The van der Waals surface area contributed by atoms with Gasteiger partial charge in [0.25, 0.3) is 0 Å². The standard InChI is InChI=1S/C19H36N2O3/c1-6-7-8-9-10-11-12-24-17(23)14-21-15-19(4,5)20-18(2,3)13-16(21)22/h20H,6-15H2,1-5H3. The molecule has 5 heteroatoms. The highest BCUT2D eigenvalue weighted by molar-refractivity contribution is 5.83. The van der Waals surface area contributed by atoms with Crippen LogP contribution in [-0.4, -0.2) is 47.6 Å². The van der Waals surface area contributed by atoms with Gasteiger partial charge >= 0.3 is 5.97 Å². The molecule has 0 aromatic rings. The minimum atomic E-state index is -0.299. The molecule has 1 amide bonds. The molecule has 0 aliphatic carbocycles. The lowest BCUT2D eigenvalue weighted by molar-refractivity contribution is -0.149. The van der Waals surface area contributed by atoms with Crippen molar-refractivity contribution in [1.29, 1.82) is 0 Å². The fraction of sp³-hybridized carbons (Fsp3) is 0.895. The van der Waals surface area contributed by atoms with Crippen LogP contribution in [0.1, 0.15) is 79.6 Å². The molecule has 0 saturated carbocycles. The van der Waals surface area contributed by atoms with Gasteiger partial charge in [0.2, 0.25) is 5.91 Å². The molecule has 1 saturated heterocycles. The van der Waals surface area contributed by atoms with E-state index in [9.17, 15) is 9.59 Å². The summed E-state index contributed by atoms with van der Waals surface area (Å²) < 4.78 is 5.31. The number of carbonyl (C=O) groups excluding carboxylic acids is 2. The molecular weight excluding hydrogens is 304 g/mol. The first-order chi connectivity index (χ1) is 11.2. The van der Waals surface area contributed by atoms with Crippen LogP contribution in [0.2, 0.25) is 0 Å². The van der Waals surface area contributed by atoms with Crippen LogP contribution in [0.5, 0.6) is 0 Å². The van der Waals surface area contributed by atoms with E-state index in [0.29, 0.717) is 19.6 Å². The molecule has 5 nitrogen and oxygen atoms in total. The number of hydrogen-bond donors (Lipinski definition) is 1. The molecule has 0 unspecified atom stereocenters. The predicted molar refractivity (Wildman–Crippen MR) is 96.8 cm³/mol. The third kappa shape index (κ3) is 8.13. The van der Waals surface area contributed by atoms with Crippen LogP contribution in [0, 0.1) is 0 Å². The van der Waals surface area contributed by atoms with Crippen LogP contribution >= 0.6 is 0 Å². The van der Waals surface area contributed by atoms with Crippen molar-refractivity contribution in [3.05, 3.63) is 0 Å². The van der Waals surface area contributed by atoms with E-state index in [0.717, 1.165) is 12.8 Å². The fourth-order valence-corrected chi connectivity index (χ4v) is 3.47. The van der Waals surface area contributed by atoms with E-state index in [4.69, 9.17) is 4.74 Å². The smallest absolute Gasteiger partial charge is 0.325 e. The zero-order valence-corrected chi connectivity index (χ0v) is 16.2. The van der Waals surface area contributed by atoms with Crippen LogP contribution in [0.4, 0.5) is 0 Å². The Morgan fingerprint density at radius 1 is 1.08 bits per heavy atom. The number of carbonyl (C=O) groups is 2. The molecule has 0 radical (unpaired) electrons. The summed E-state index contributed by atoms with van der Waals surface area (Å²) in [6.45, 7) is 11.4. The van der Waals surface area contributed by atoms with Crippen LogP contribution in [0.3, 0.4) is 0 Å². The molecule has 1 N–H and O–H groups in total. The normalized spacial score (nSPS) is 19.9. The van der Waals surface area contributed by atoms with Crippen LogP contribution in [0.15, 0.2) is 0 Å². The van der Waals surface area contributed by atoms with Crippen molar-refractivity contribution < 1.29 is 14.3 Å². The van der Waals surface area contributed by atoms with Crippen LogP contribution in [-0.2, 0) is 14.3 Å². The van der Waals surface area contributed by atoms with Crippen molar-refractivity contribution in [2.45, 2.75) is 90.6 Å². The van der Waals surface area contributed by atoms with Crippen LogP contribution < -0.4 is 5.32 Å². The van der Waals surface area contributed by atoms with E-state index in [1.54, 1.807) is 4.90 Å². The summed E-state index contributed by atoms with van der Waals surface area (Å²) >= 11 is 0. The van der Waals surface area contributed by atoms with Gasteiger partial charge in [-0.3, -0.25) is 9.59 Å². The number of rotatable bonds is 9. The molecule has 140 valence electrons. The maximum atomic E-state index is 12.4. The fourth-order valence-electron chi connectivity index (χ4n) is 3.47. The summed E-state index contributed by atoms with van der Waals surface area (Å²) in [7, 11) is 0. The topological polar surface area (TPSA) is 58.6 Å². The van der Waals surface area contributed by atoms with Crippen molar-refractivity contribution in [1.82, 2.24) is 10.2 Å². The van der Waals surface area contributed by atoms with E-state index in [1.807, 2.05) is 13.8 Å². The van der Waals surface area contributed by atoms with E-state index in [2.05, 4.69) is 26.1 Å². The van der Waals surface area contributed by atoms with E-state index >= 15 is 0 Å². The number of amides is 1. The number of esters is 1. The average Bonchev–Trinajstić information content (AvgIpc) is 2.50. The monoisotopic (exact) mass is 340 g/mol. The average molecular weight is 341 g/mol. The molecule has 1 fully saturated rings. The zero-order chi connectivity index (χ0) is 18.2. The molecule has 0 aromatic heterocycles. The molecule has 1 heterocycles. The van der Waals surface area contributed by atoms with Gasteiger partial charge in [-0.2, -0.15) is 0 Å². The quantitative estimate of drug-likeness (QED) is 0.517. The maximum absolute atomic E-state index is 12.4. The molecular formula is C19H36N2O3. The molecule has 1 rings (SSSR count). The second-order valence-electron chi connectivity index (χ2n) is 8.31. The van der Waals surface area contributed by atoms with E-state index in [1.165, 1.54) is 25.7 Å². The highest BCUT2D eigenvalue weighted by Crippen LogP contribution is 2.22. The number of nitrogens with one attached hydrogen (secondary N) is 1. The minimum Gasteiger partial charge on any atom is -0.464 e. The number of nitrogens with zero attached hydrogens (tertiary/aromatic N) is 1. The van der Waals surface area contributed by atoms with E-state index < -0.39 is 0 Å². The molecule has 0 atom stereocenters. The third-order valence-corrected chi connectivity index (χ3v) is 4.29. The maximum Gasteiger partial charge on any atom is 0.325 e. The van der Waals surface area contributed by atoms with Gasteiger partial charge in [0.1, 0.15) is 6.54 Å². The van der Waals surface area contributed by atoms with Gasteiger partial charge in [0.05, 0.1) is 6.61 Å².